The fourth-order valence-corrected chi connectivity index (χ4v) is 1.77. The van der Waals surface area contributed by atoms with Crippen molar-refractivity contribution in [3.63, 3.8) is 0 Å². The van der Waals surface area contributed by atoms with Crippen molar-refractivity contribution in [3.05, 3.63) is 20.5 Å². The average Bonchev–Trinajstić information content (AvgIpc) is 2.09. The first-order valence-corrected chi connectivity index (χ1v) is 4.04. The predicted molar refractivity (Wildman–Crippen MR) is 48.4 cm³/mol. The van der Waals surface area contributed by atoms with Gasteiger partial charge >= 0.3 is 0 Å². The minimum Gasteiger partial charge on any atom is -0.353 e. The van der Waals surface area contributed by atoms with Crippen LogP contribution in [0, 0.1) is 17.5 Å². The lowest BCUT2D eigenvalue weighted by molar-refractivity contribution is 0.112. The highest BCUT2D eigenvalue weighted by Crippen LogP contribution is 2.16. The summed E-state index contributed by atoms with van der Waals surface area (Å²) in [7, 11) is 0. The van der Waals surface area contributed by atoms with Crippen LogP contribution in [-0.2, 0) is 0 Å². The van der Waals surface area contributed by atoms with E-state index in [4.69, 9.17) is 0 Å². The third-order valence-corrected chi connectivity index (χ3v) is 2.47. The Labute approximate surface area is 73.2 Å². The first-order valence-electron chi connectivity index (χ1n) is 2.96. The lowest BCUT2D eigenvalue weighted by Gasteiger charge is -1.86. The lowest BCUT2D eigenvalue weighted by atomic mass is 10.2. The van der Waals surface area contributed by atoms with Gasteiger partial charge in [0.05, 0.1) is 3.70 Å². The van der Waals surface area contributed by atoms with Crippen molar-refractivity contribution in [2.45, 2.75) is 13.8 Å². The molecule has 0 unspecified atom stereocenters. The van der Waals surface area contributed by atoms with Crippen LogP contribution in [-0.4, -0.2) is 11.3 Å². The van der Waals surface area contributed by atoms with E-state index in [0.29, 0.717) is 0 Å². The van der Waals surface area contributed by atoms with Gasteiger partial charge in [0, 0.05) is 11.3 Å². The topological polar surface area (TPSA) is 32.9 Å². The van der Waals surface area contributed by atoms with Gasteiger partial charge in [-0.05, 0) is 42.0 Å². The molecule has 1 aromatic rings. The van der Waals surface area contributed by atoms with Gasteiger partial charge in [-0.3, -0.25) is 4.79 Å². The van der Waals surface area contributed by atoms with Gasteiger partial charge in [0.25, 0.3) is 0 Å². The number of rotatable bonds is 1. The standard InChI is InChI=1S/C7H8INO/c1-4-5(2)9-7(8)6(4)3-10/h3,9H,1-2H3. The van der Waals surface area contributed by atoms with Gasteiger partial charge in [0.15, 0.2) is 6.29 Å². The molecule has 0 aliphatic carbocycles. The highest BCUT2D eigenvalue weighted by Gasteiger charge is 2.06. The molecule has 10 heavy (non-hydrogen) atoms. The number of halogens is 1. The molecule has 0 aliphatic rings. The van der Waals surface area contributed by atoms with Crippen molar-refractivity contribution in [1.29, 1.82) is 0 Å². The summed E-state index contributed by atoms with van der Waals surface area (Å²) in [6, 6.07) is 0. The van der Waals surface area contributed by atoms with E-state index in [1.165, 1.54) is 0 Å². The van der Waals surface area contributed by atoms with Crippen LogP contribution >= 0.6 is 22.6 Å². The van der Waals surface area contributed by atoms with E-state index in [1.807, 2.05) is 13.8 Å². The number of carbonyl (C=O) groups excluding carboxylic acids is 1. The van der Waals surface area contributed by atoms with Gasteiger partial charge in [-0.15, -0.1) is 0 Å². The number of aldehydes is 1. The van der Waals surface area contributed by atoms with Crippen molar-refractivity contribution >= 4 is 28.9 Å². The zero-order valence-corrected chi connectivity index (χ0v) is 8.02. The smallest absolute Gasteiger partial charge is 0.152 e. The second-order valence-corrected chi connectivity index (χ2v) is 3.30. The molecule has 1 rings (SSSR count). The van der Waals surface area contributed by atoms with E-state index < -0.39 is 0 Å². The quantitative estimate of drug-likeness (QED) is 0.599. The molecule has 0 radical (unpaired) electrons. The molecule has 0 spiro atoms. The number of aryl methyl sites for hydroxylation is 1. The van der Waals surface area contributed by atoms with Crippen LogP contribution in [0.1, 0.15) is 21.6 Å². The molecule has 3 heteroatoms. The molecule has 0 amide bonds. The SMILES string of the molecule is Cc1[nH]c(I)c(C=O)c1C. The Morgan fingerprint density at radius 3 is 2.30 bits per heavy atom. The molecule has 0 saturated heterocycles. The summed E-state index contributed by atoms with van der Waals surface area (Å²) in [5.74, 6) is 0. The number of hydrogen-bond acceptors (Lipinski definition) is 1. The van der Waals surface area contributed by atoms with Crippen LogP contribution in [0.5, 0.6) is 0 Å². The zero-order chi connectivity index (χ0) is 7.72. The fraction of sp³-hybridized carbons (Fsp3) is 0.286. The second kappa shape index (κ2) is 2.74. The van der Waals surface area contributed by atoms with E-state index >= 15 is 0 Å². The van der Waals surface area contributed by atoms with Crippen LogP contribution in [0.4, 0.5) is 0 Å². The van der Waals surface area contributed by atoms with Crippen LogP contribution in [0.3, 0.4) is 0 Å². The zero-order valence-electron chi connectivity index (χ0n) is 5.86. The van der Waals surface area contributed by atoms with Crippen molar-refractivity contribution in [3.8, 4) is 0 Å². The highest BCUT2D eigenvalue weighted by molar-refractivity contribution is 14.1. The highest BCUT2D eigenvalue weighted by atomic mass is 127. The van der Waals surface area contributed by atoms with Gasteiger partial charge in [0.1, 0.15) is 0 Å². The molecular weight excluding hydrogens is 241 g/mol. The molecule has 54 valence electrons. The lowest BCUT2D eigenvalue weighted by Crippen LogP contribution is -1.81. The Morgan fingerprint density at radius 2 is 2.10 bits per heavy atom. The van der Waals surface area contributed by atoms with Crippen LogP contribution < -0.4 is 0 Å². The Hall–Kier alpha value is -0.320. The summed E-state index contributed by atoms with van der Waals surface area (Å²) in [4.78, 5) is 13.5. The number of hydrogen-bond donors (Lipinski definition) is 1. The molecule has 0 aliphatic heterocycles. The Kier molecular flexibility index (Phi) is 2.13. The van der Waals surface area contributed by atoms with Crippen molar-refractivity contribution in [2.75, 3.05) is 0 Å². The number of carbonyl (C=O) groups is 1. The third-order valence-electron chi connectivity index (χ3n) is 1.62. The van der Waals surface area contributed by atoms with E-state index in [-0.39, 0.29) is 0 Å². The van der Waals surface area contributed by atoms with Crippen molar-refractivity contribution in [2.24, 2.45) is 0 Å². The summed E-state index contributed by atoms with van der Waals surface area (Å²) in [6.45, 7) is 3.90. The van der Waals surface area contributed by atoms with Crippen molar-refractivity contribution < 1.29 is 4.79 Å². The summed E-state index contributed by atoms with van der Waals surface area (Å²) >= 11 is 2.12. The van der Waals surface area contributed by atoms with E-state index in [2.05, 4.69) is 27.6 Å². The van der Waals surface area contributed by atoms with Gasteiger partial charge in [-0.2, -0.15) is 0 Å². The third kappa shape index (κ3) is 1.10. The molecule has 2 nitrogen and oxygen atoms in total. The van der Waals surface area contributed by atoms with Gasteiger partial charge in [-0.25, -0.2) is 0 Å². The Bertz CT molecular complexity index is 265. The van der Waals surface area contributed by atoms with E-state index in [9.17, 15) is 4.79 Å². The largest absolute Gasteiger partial charge is 0.353 e. The van der Waals surface area contributed by atoms with Crippen LogP contribution in [0.15, 0.2) is 0 Å². The maximum Gasteiger partial charge on any atom is 0.152 e. The molecule has 0 atom stereocenters. The average molecular weight is 249 g/mol. The van der Waals surface area contributed by atoms with Crippen LogP contribution in [0.25, 0.3) is 0 Å². The number of H-pyrrole nitrogens is 1. The summed E-state index contributed by atoms with van der Waals surface area (Å²) in [6.07, 6.45) is 0.889. The predicted octanol–water partition coefficient (Wildman–Crippen LogP) is 2.05. The van der Waals surface area contributed by atoms with E-state index in [1.54, 1.807) is 0 Å². The minimum atomic E-state index is 0.790. The number of aromatic amines is 1. The molecule has 1 heterocycles. The molecule has 1 aromatic heterocycles. The monoisotopic (exact) mass is 249 g/mol. The molecule has 0 bridgehead atoms. The maximum atomic E-state index is 10.4. The molecule has 0 saturated carbocycles. The summed E-state index contributed by atoms with van der Waals surface area (Å²) < 4.78 is 0.933. The first-order chi connectivity index (χ1) is 4.66. The van der Waals surface area contributed by atoms with E-state index in [0.717, 1.165) is 26.8 Å². The fourth-order valence-electron chi connectivity index (χ4n) is 0.832. The molecule has 1 N–H and O–H groups in total. The summed E-state index contributed by atoms with van der Waals surface area (Å²) in [5, 5.41) is 0. The Balaban J connectivity index is 3.33. The number of aromatic nitrogens is 1. The molecule has 0 fully saturated rings. The van der Waals surface area contributed by atoms with Crippen LogP contribution in [0.2, 0.25) is 0 Å². The molecular formula is C7H8INO. The normalized spacial score (nSPS) is 9.90. The second-order valence-electron chi connectivity index (χ2n) is 2.22. The maximum absolute atomic E-state index is 10.4. The molecule has 0 aromatic carbocycles. The minimum absolute atomic E-state index is 0.790. The summed E-state index contributed by atoms with van der Waals surface area (Å²) in [5.41, 5.74) is 2.92. The van der Waals surface area contributed by atoms with Crippen molar-refractivity contribution in [1.82, 2.24) is 4.98 Å². The number of nitrogens with one attached hydrogen (secondary N) is 1. The van der Waals surface area contributed by atoms with Gasteiger partial charge in [-0.1, -0.05) is 0 Å². The van der Waals surface area contributed by atoms with Gasteiger partial charge < -0.3 is 4.98 Å². The van der Waals surface area contributed by atoms with Gasteiger partial charge in [0.2, 0.25) is 0 Å². The Morgan fingerprint density at radius 1 is 1.50 bits per heavy atom. The first kappa shape index (κ1) is 7.78.